The zero-order valence-corrected chi connectivity index (χ0v) is 16.9. The zero-order chi connectivity index (χ0) is 21.4. The van der Waals surface area contributed by atoms with Crippen LogP contribution in [0.1, 0.15) is 0 Å². The van der Waals surface area contributed by atoms with Crippen molar-refractivity contribution in [2.75, 3.05) is 50.8 Å². The van der Waals surface area contributed by atoms with Gasteiger partial charge in [-0.2, -0.15) is 5.10 Å². The van der Waals surface area contributed by atoms with Crippen LogP contribution in [0.25, 0.3) is 17.1 Å². The van der Waals surface area contributed by atoms with Crippen molar-refractivity contribution in [3.8, 4) is 17.1 Å². The fraction of sp³-hybridized carbons (Fsp3) is 0.333. The van der Waals surface area contributed by atoms with E-state index in [1.807, 2.05) is 24.3 Å². The molecule has 5 rings (SSSR count). The molecular weight excluding hydrogens is 398 g/mol. The third kappa shape index (κ3) is 3.44. The minimum atomic E-state index is -0.369. The largest absolute Gasteiger partial charge is 0.395 e. The number of nitrogens with one attached hydrogen (secondary N) is 1. The first-order chi connectivity index (χ1) is 15.2. The molecule has 0 saturated carbocycles. The number of aliphatic hydroxyl groups excluding tert-OH is 1. The number of pyridine rings is 1. The summed E-state index contributed by atoms with van der Waals surface area (Å²) in [5.41, 5.74) is 1.41. The number of benzene rings is 1. The van der Waals surface area contributed by atoms with E-state index in [1.165, 1.54) is 4.57 Å². The van der Waals surface area contributed by atoms with Gasteiger partial charge in [-0.05, 0) is 24.3 Å². The van der Waals surface area contributed by atoms with Gasteiger partial charge in [0.2, 0.25) is 5.91 Å². The molecule has 10 nitrogen and oxygen atoms in total. The summed E-state index contributed by atoms with van der Waals surface area (Å²) in [7, 11) is 0. The molecule has 0 atom stereocenters. The number of para-hydroxylation sites is 2. The lowest BCUT2D eigenvalue weighted by atomic mass is 10.2. The lowest BCUT2D eigenvalue weighted by molar-refractivity contribution is -0.119. The number of aromatic amines is 1. The van der Waals surface area contributed by atoms with Crippen LogP contribution >= 0.6 is 0 Å². The van der Waals surface area contributed by atoms with Crippen LogP contribution in [0, 0.1) is 0 Å². The van der Waals surface area contributed by atoms with Gasteiger partial charge in [0.1, 0.15) is 0 Å². The average molecular weight is 421 g/mol. The van der Waals surface area contributed by atoms with Gasteiger partial charge >= 0.3 is 5.69 Å². The summed E-state index contributed by atoms with van der Waals surface area (Å²) in [5.74, 6) is 0.760. The highest BCUT2D eigenvalue weighted by Gasteiger charge is 2.32. The SMILES string of the molecule is O=C(CN1CCN(CCO)CC1)N1c2ccccc2-n2c(n[nH]c2=O)-c2cccnc21. The molecule has 1 saturated heterocycles. The zero-order valence-electron chi connectivity index (χ0n) is 16.9. The minimum Gasteiger partial charge on any atom is -0.395 e. The summed E-state index contributed by atoms with van der Waals surface area (Å²) in [6.45, 7) is 4.14. The van der Waals surface area contributed by atoms with Crippen LogP contribution in [0.4, 0.5) is 11.5 Å². The number of rotatable bonds is 4. The van der Waals surface area contributed by atoms with E-state index >= 15 is 0 Å². The van der Waals surface area contributed by atoms with Crippen LogP contribution in [0.3, 0.4) is 0 Å². The first kappa shape index (κ1) is 19.6. The first-order valence-electron chi connectivity index (χ1n) is 10.3. The van der Waals surface area contributed by atoms with E-state index in [0.717, 1.165) is 26.2 Å². The monoisotopic (exact) mass is 421 g/mol. The van der Waals surface area contributed by atoms with Crippen LogP contribution in [-0.4, -0.2) is 86.4 Å². The number of piperazine rings is 1. The Kier molecular flexibility index (Phi) is 5.10. The molecule has 1 aromatic carbocycles. The molecule has 31 heavy (non-hydrogen) atoms. The molecule has 10 heteroatoms. The molecule has 2 aromatic heterocycles. The number of carbonyl (C=O) groups is 1. The molecule has 0 radical (unpaired) electrons. The second-order valence-electron chi connectivity index (χ2n) is 7.62. The molecule has 0 aliphatic carbocycles. The van der Waals surface area contributed by atoms with E-state index in [4.69, 9.17) is 5.11 Å². The van der Waals surface area contributed by atoms with E-state index < -0.39 is 0 Å². The number of nitrogens with zero attached hydrogens (tertiary/aromatic N) is 6. The van der Waals surface area contributed by atoms with Crippen molar-refractivity contribution in [1.82, 2.24) is 29.5 Å². The highest BCUT2D eigenvalue weighted by atomic mass is 16.3. The average Bonchev–Trinajstić information content (AvgIpc) is 3.11. The maximum atomic E-state index is 13.6. The normalized spacial score (nSPS) is 16.4. The molecule has 2 N–H and O–H groups in total. The Hall–Kier alpha value is -3.34. The number of aromatic nitrogens is 4. The van der Waals surface area contributed by atoms with E-state index in [1.54, 1.807) is 23.2 Å². The van der Waals surface area contributed by atoms with E-state index in [0.29, 0.717) is 35.1 Å². The number of carbonyl (C=O) groups excluding carboxylic acids is 1. The maximum absolute atomic E-state index is 13.6. The van der Waals surface area contributed by atoms with Crippen LogP contribution < -0.4 is 10.6 Å². The fourth-order valence-electron chi connectivity index (χ4n) is 4.23. The van der Waals surface area contributed by atoms with Gasteiger partial charge in [0.05, 0.1) is 30.1 Å². The Morgan fingerprint density at radius 3 is 2.55 bits per heavy atom. The number of anilines is 2. The van der Waals surface area contributed by atoms with E-state index in [9.17, 15) is 9.59 Å². The Labute approximate surface area is 178 Å². The smallest absolute Gasteiger partial charge is 0.348 e. The molecule has 4 heterocycles. The summed E-state index contributed by atoms with van der Waals surface area (Å²) < 4.78 is 1.48. The number of H-pyrrole nitrogens is 1. The van der Waals surface area contributed by atoms with Crippen molar-refractivity contribution in [1.29, 1.82) is 0 Å². The summed E-state index contributed by atoms with van der Waals surface area (Å²) in [5, 5.41) is 15.8. The second-order valence-corrected chi connectivity index (χ2v) is 7.62. The van der Waals surface area contributed by atoms with Crippen molar-refractivity contribution in [2.24, 2.45) is 0 Å². The van der Waals surface area contributed by atoms with Crippen molar-refractivity contribution in [3.63, 3.8) is 0 Å². The summed E-state index contributed by atoms with van der Waals surface area (Å²) in [6.07, 6.45) is 1.63. The lowest BCUT2D eigenvalue weighted by Gasteiger charge is -2.35. The van der Waals surface area contributed by atoms with Crippen LogP contribution in [0.15, 0.2) is 47.4 Å². The molecule has 2 aliphatic rings. The molecule has 0 bridgehead atoms. The van der Waals surface area contributed by atoms with E-state index in [2.05, 4.69) is 25.0 Å². The lowest BCUT2D eigenvalue weighted by Crippen LogP contribution is -2.50. The van der Waals surface area contributed by atoms with Gasteiger partial charge in [-0.1, -0.05) is 12.1 Å². The summed E-state index contributed by atoms with van der Waals surface area (Å²) in [4.78, 5) is 36.5. The fourth-order valence-corrected chi connectivity index (χ4v) is 4.23. The highest BCUT2D eigenvalue weighted by molar-refractivity contribution is 6.06. The van der Waals surface area contributed by atoms with Crippen molar-refractivity contribution < 1.29 is 9.90 Å². The summed E-state index contributed by atoms with van der Waals surface area (Å²) in [6, 6.07) is 10.9. The first-order valence-corrected chi connectivity index (χ1v) is 10.3. The topological polar surface area (TPSA) is 111 Å². The molecule has 3 aromatic rings. The van der Waals surface area contributed by atoms with Crippen molar-refractivity contribution in [2.45, 2.75) is 0 Å². The molecule has 160 valence electrons. The number of hydrogen-bond donors (Lipinski definition) is 2. The highest BCUT2D eigenvalue weighted by Crippen LogP contribution is 2.39. The second kappa shape index (κ2) is 8.06. The standard InChI is InChI=1S/C21H23N7O3/c29-13-12-25-8-10-26(11-9-25)14-18(30)27-16-5-1-2-6-17(16)28-20(23-24-21(28)31)15-4-3-7-22-19(15)27/h1-7,29H,8-14H2,(H,24,31). The Balaban J connectivity index is 1.53. The van der Waals surface area contributed by atoms with Gasteiger partial charge in [-0.3, -0.25) is 19.5 Å². The Bertz CT molecular complexity index is 1160. The Morgan fingerprint density at radius 2 is 1.77 bits per heavy atom. The number of amides is 1. The quantitative estimate of drug-likeness (QED) is 0.620. The molecular formula is C21H23N7O3. The number of aliphatic hydroxyl groups is 1. The van der Waals surface area contributed by atoms with Gasteiger partial charge in [0.15, 0.2) is 11.6 Å². The number of hydrogen-bond acceptors (Lipinski definition) is 7. The molecule has 1 amide bonds. The minimum absolute atomic E-state index is 0.120. The van der Waals surface area contributed by atoms with Gasteiger partial charge < -0.3 is 5.11 Å². The predicted octanol–water partition coefficient (Wildman–Crippen LogP) is 0.211. The Morgan fingerprint density at radius 1 is 1.03 bits per heavy atom. The molecule has 0 spiro atoms. The van der Waals surface area contributed by atoms with E-state index in [-0.39, 0.29) is 24.7 Å². The molecule has 2 aliphatic heterocycles. The number of β-amino-alcohol motifs (C(OH)–C–C–N with tert-alkyl or cyclic N) is 1. The van der Waals surface area contributed by atoms with Crippen LogP contribution in [0.2, 0.25) is 0 Å². The van der Waals surface area contributed by atoms with Crippen molar-refractivity contribution in [3.05, 3.63) is 53.1 Å². The summed E-state index contributed by atoms with van der Waals surface area (Å²) >= 11 is 0. The molecule has 1 fully saturated rings. The third-order valence-corrected chi connectivity index (χ3v) is 5.76. The van der Waals surface area contributed by atoms with Crippen LogP contribution in [0.5, 0.6) is 0 Å². The van der Waals surface area contributed by atoms with Gasteiger partial charge in [-0.15, -0.1) is 0 Å². The molecule has 0 unspecified atom stereocenters. The maximum Gasteiger partial charge on any atom is 0.348 e. The van der Waals surface area contributed by atoms with Gasteiger partial charge in [0.25, 0.3) is 0 Å². The van der Waals surface area contributed by atoms with Crippen LogP contribution in [-0.2, 0) is 4.79 Å². The van der Waals surface area contributed by atoms with Gasteiger partial charge in [-0.25, -0.2) is 19.4 Å². The predicted molar refractivity (Wildman–Crippen MR) is 115 cm³/mol. The van der Waals surface area contributed by atoms with Crippen molar-refractivity contribution >= 4 is 17.4 Å². The van der Waals surface area contributed by atoms with Gasteiger partial charge in [0, 0.05) is 38.9 Å². The number of fused-ring (bicyclic) bond motifs is 5. The third-order valence-electron chi connectivity index (χ3n) is 5.76.